The third-order valence-electron chi connectivity index (χ3n) is 4.11. The van der Waals surface area contributed by atoms with Crippen molar-refractivity contribution < 1.29 is 9.26 Å². The lowest BCUT2D eigenvalue weighted by Gasteiger charge is -2.09. The van der Waals surface area contributed by atoms with Crippen LogP contribution in [0, 0.1) is 13.8 Å². The number of aryl methyl sites for hydroxylation is 2. The Balaban J connectivity index is 1.52. The summed E-state index contributed by atoms with van der Waals surface area (Å²) in [5.74, 6) is 2.22. The summed E-state index contributed by atoms with van der Waals surface area (Å²) in [5.41, 5.74) is 3.96. The number of benzene rings is 2. The minimum Gasteiger partial charge on any atom is -0.494 e. The molecule has 0 aliphatic rings. The maximum absolute atomic E-state index is 5.44. The zero-order valence-corrected chi connectivity index (χ0v) is 16.5. The largest absolute Gasteiger partial charge is 0.494 e. The SMILES string of the molecule is COc1ccc(C)cc1-n1nnnc1SCc1nc(-c2ccc(C)cc2)no1. The van der Waals surface area contributed by atoms with E-state index >= 15 is 0 Å². The average Bonchev–Trinajstić information content (AvgIpc) is 3.36. The Morgan fingerprint density at radius 2 is 1.86 bits per heavy atom. The molecule has 0 N–H and O–H groups in total. The summed E-state index contributed by atoms with van der Waals surface area (Å²) in [5, 5.41) is 16.7. The Kier molecular flexibility index (Phi) is 5.07. The summed E-state index contributed by atoms with van der Waals surface area (Å²) < 4.78 is 12.5. The monoisotopic (exact) mass is 394 g/mol. The van der Waals surface area contributed by atoms with E-state index in [9.17, 15) is 0 Å². The Morgan fingerprint density at radius 1 is 1.07 bits per heavy atom. The number of methoxy groups -OCH3 is 1. The van der Waals surface area contributed by atoms with Crippen LogP contribution >= 0.6 is 11.8 Å². The topological polar surface area (TPSA) is 91.8 Å². The molecule has 8 nitrogen and oxygen atoms in total. The first-order valence-electron chi connectivity index (χ1n) is 8.60. The average molecular weight is 394 g/mol. The number of ether oxygens (including phenoxy) is 1. The summed E-state index contributed by atoms with van der Waals surface area (Å²) in [6.07, 6.45) is 0. The Hall–Kier alpha value is -3.20. The molecule has 0 saturated carbocycles. The molecule has 9 heteroatoms. The van der Waals surface area contributed by atoms with Crippen molar-refractivity contribution >= 4 is 11.8 Å². The van der Waals surface area contributed by atoms with Crippen LogP contribution in [0.2, 0.25) is 0 Å². The summed E-state index contributed by atoms with van der Waals surface area (Å²) in [7, 11) is 1.62. The summed E-state index contributed by atoms with van der Waals surface area (Å²) in [6.45, 7) is 4.04. The standard InChI is InChI=1S/C19H18N6O2S/c1-12-4-7-14(8-5-12)18-20-17(27-22-18)11-28-19-21-23-24-25(19)15-10-13(2)6-9-16(15)26-3/h4-10H,11H2,1-3H3. The molecule has 0 spiro atoms. The maximum atomic E-state index is 5.44. The van der Waals surface area contributed by atoms with E-state index in [2.05, 4.69) is 25.7 Å². The molecular weight excluding hydrogens is 376 g/mol. The van der Waals surface area contributed by atoms with Gasteiger partial charge in [-0.05, 0) is 42.0 Å². The molecule has 0 radical (unpaired) electrons. The van der Waals surface area contributed by atoms with Gasteiger partial charge in [-0.3, -0.25) is 0 Å². The highest BCUT2D eigenvalue weighted by atomic mass is 32.2. The third kappa shape index (κ3) is 3.74. The van der Waals surface area contributed by atoms with E-state index in [4.69, 9.17) is 9.26 Å². The summed E-state index contributed by atoms with van der Waals surface area (Å²) in [6, 6.07) is 13.8. The summed E-state index contributed by atoms with van der Waals surface area (Å²) in [4.78, 5) is 4.46. The first-order chi connectivity index (χ1) is 13.6. The van der Waals surface area contributed by atoms with Crippen LogP contribution < -0.4 is 4.74 Å². The third-order valence-corrected chi connectivity index (χ3v) is 5.01. The van der Waals surface area contributed by atoms with Gasteiger partial charge in [-0.15, -0.1) is 5.10 Å². The second-order valence-corrected chi connectivity index (χ2v) is 7.16. The van der Waals surface area contributed by atoms with Gasteiger partial charge in [0.2, 0.25) is 16.9 Å². The van der Waals surface area contributed by atoms with Crippen LogP contribution in [-0.2, 0) is 5.75 Å². The minimum atomic E-state index is 0.452. The molecule has 2 heterocycles. The Morgan fingerprint density at radius 3 is 2.64 bits per heavy atom. The van der Waals surface area contributed by atoms with Crippen LogP contribution in [0.15, 0.2) is 52.1 Å². The van der Waals surface area contributed by atoms with E-state index in [1.807, 2.05) is 56.3 Å². The number of aromatic nitrogens is 6. The van der Waals surface area contributed by atoms with Crippen LogP contribution in [0.3, 0.4) is 0 Å². The highest BCUT2D eigenvalue weighted by Gasteiger charge is 2.16. The molecule has 0 amide bonds. The molecule has 0 aliphatic heterocycles. The van der Waals surface area contributed by atoms with Gasteiger partial charge in [0.05, 0.1) is 12.9 Å². The lowest BCUT2D eigenvalue weighted by Crippen LogP contribution is -2.02. The number of hydrogen-bond acceptors (Lipinski definition) is 8. The highest BCUT2D eigenvalue weighted by molar-refractivity contribution is 7.98. The molecule has 4 rings (SSSR count). The molecule has 0 atom stereocenters. The van der Waals surface area contributed by atoms with Gasteiger partial charge in [0, 0.05) is 5.56 Å². The zero-order chi connectivity index (χ0) is 19.5. The quantitative estimate of drug-likeness (QED) is 0.458. The highest BCUT2D eigenvalue weighted by Crippen LogP contribution is 2.28. The van der Waals surface area contributed by atoms with Crippen molar-refractivity contribution in [3.63, 3.8) is 0 Å². The van der Waals surface area contributed by atoms with Gasteiger partial charge in [0.1, 0.15) is 11.4 Å². The molecule has 4 aromatic rings. The molecule has 0 bridgehead atoms. The van der Waals surface area contributed by atoms with E-state index in [1.165, 1.54) is 17.3 Å². The molecule has 28 heavy (non-hydrogen) atoms. The fraction of sp³-hybridized carbons (Fsp3) is 0.211. The van der Waals surface area contributed by atoms with E-state index < -0.39 is 0 Å². The Bertz CT molecular complexity index is 1090. The van der Waals surface area contributed by atoms with Crippen LogP contribution in [0.4, 0.5) is 0 Å². The van der Waals surface area contributed by atoms with Crippen LogP contribution in [0.1, 0.15) is 17.0 Å². The number of tetrazole rings is 1. The van der Waals surface area contributed by atoms with Gasteiger partial charge < -0.3 is 9.26 Å². The molecule has 142 valence electrons. The van der Waals surface area contributed by atoms with Crippen molar-refractivity contribution in [1.82, 2.24) is 30.3 Å². The fourth-order valence-corrected chi connectivity index (χ4v) is 3.37. The van der Waals surface area contributed by atoms with Crippen molar-refractivity contribution in [2.45, 2.75) is 24.8 Å². The number of nitrogens with zero attached hydrogens (tertiary/aromatic N) is 6. The van der Waals surface area contributed by atoms with Gasteiger partial charge in [0.25, 0.3) is 0 Å². The van der Waals surface area contributed by atoms with Gasteiger partial charge >= 0.3 is 0 Å². The van der Waals surface area contributed by atoms with E-state index in [0.29, 0.717) is 28.4 Å². The van der Waals surface area contributed by atoms with Crippen LogP contribution in [-0.4, -0.2) is 37.5 Å². The molecule has 0 unspecified atom stereocenters. The zero-order valence-electron chi connectivity index (χ0n) is 15.7. The predicted octanol–water partition coefficient (Wildman–Crippen LogP) is 3.63. The number of hydrogen-bond donors (Lipinski definition) is 0. The van der Waals surface area contributed by atoms with Crippen molar-refractivity contribution in [2.75, 3.05) is 7.11 Å². The Labute approximate surface area is 165 Å². The van der Waals surface area contributed by atoms with Gasteiger partial charge in [-0.2, -0.15) is 9.67 Å². The first-order valence-corrected chi connectivity index (χ1v) is 9.58. The van der Waals surface area contributed by atoms with E-state index in [0.717, 1.165) is 16.8 Å². The smallest absolute Gasteiger partial charge is 0.237 e. The van der Waals surface area contributed by atoms with E-state index in [-0.39, 0.29) is 0 Å². The molecule has 2 aromatic heterocycles. The van der Waals surface area contributed by atoms with Gasteiger partial charge in [0.15, 0.2) is 0 Å². The van der Waals surface area contributed by atoms with Crippen LogP contribution in [0.5, 0.6) is 5.75 Å². The predicted molar refractivity (Wildman–Crippen MR) is 104 cm³/mol. The lowest BCUT2D eigenvalue weighted by molar-refractivity contribution is 0.391. The van der Waals surface area contributed by atoms with Crippen molar-refractivity contribution in [3.05, 3.63) is 59.5 Å². The molecule has 0 aliphatic carbocycles. The molecule has 0 saturated heterocycles. The van der Waals surface area contributed by atoms with E-state index in [1.54, 1.807) is 11.8 Å². The maximum Gasteiger partial charge on any atom is 0.237 e. The second kappa shape index (κ2) is 7.81. The fourth-order valence-electron chi connectivity index (χ4n) is 2.65. The molecule has 0 fully saturated rings. The van der Waals surface area contributed by atoms with Gasteiger partial charge in [-0.25, -0.2) is 0 Å². The summed E-state index contributed by atoms with van der Waals surface area (Å²) >= 11 is 1.41. The number of thioether (sulfide) groups is 1. The first kappa shape index (κ1) is 18.2. The lowest BCUT2D eigenvalue weighted by atomic mass is 10.1. The minimum absolute atomic E-state index is 0.452. The number of rotatable bonds is 6. The van der Waals surface area contributed by atoms with Crippen molar-refractivity contribution in [2.24, 2.45) is 0 Å². The van der Waals surface area contributed by atoms with Crippen molar-refractivity contribution in [3.8, 4) is 22.8 Å². The second-order valence-electron chi connectivity index (χ2n) is 6.21. The molecule has 2 aromatic carbocycles. The normalized spacial score (nSPS) is 11.0. The van der Waals surface area contributed by atoms with Crippen LogP contribution in [0.25, 0.3) is 17.1 Å². The van der Waals surface area contributed by atoms with Crippen molar-refractivity contribution in [1.29, 1.82) is 0 Å². The van der Waals surface area contributed by atoms with Gasteiger partial charge in [-0.1, -0.05) is 52.8 Å². The molecular formula is C19H18N6O2S.